The van der Waals surface area contributed by atoms with Crippen LogP contribution in [0.4, 0.5) is 39.4 Å². The van der Waals surface area contributed by atoms with Crippen molar-refractivity contribution in [1.29, 1.82) is 0 Å². The summed E-state index contributed by atoms with van der Waals surface area (Å²) in [5, 5.41) is 4.80. The zero-order valence-electron chi connectivity index (χ0n) is 15.8. The van der Waals surface area contributed by atoms with Gasteiger partial charge in [0.25, 0.3) is 5.91 Å². The molecular weight excluding hydrogens is 413 g/mol. The number of carbonyl (C=O) groups excluding carboxylic acids is 1. The summed E-state index contributed by atoms with van der Waals surface area (Å²) < 4.78 is 73.2. The van der Waals surface area contributed by atoms with E-state index in [0.717, 1.165) is 12.1 Å². The standard InChI is InChI=1S/C18H18F5N5O2/c1-2-24-15-11(18(21,22)23)9-25-17(27-15)26-14-8-12(19)10(7-13(14)20)16(29)28-3-5-30-6-4-28/h7-9H,2-6H2,1H3,(H2,24,25,26,27). The number of nitrogens with one attached hydrogen (secondary N) is 2. The van der Waals surface area contributed by atoms with Gasteiger partial charge in [0, 0.05) is 31.9 Å². The van der Waals surface area contributed by atoms with E-state index in [1.54, 1.807) is 6.92 Å². The second-order valence-corrected chi connectivity index (χ2v) is 6.33. The summed E-state index contributed by atoms with van der Waals surface area (Å²) in [6.45, 7) is 2.85. The van der Waals surface area contributed by atoms with Crippen molar-refractivity contribution < 1.29 is 31.5 Å². The van der Waals surface area contributed by atoms with Gasteiger partial charge in [-0.3, -0.25) is 4.79 Å². The molecule has 2 N–H and O–H groups in total. The van der Waals surface area contributed by atoms with Crippen molar-refractivity contribution in [2.45, 2.75) is 13.1 Å². The van der Waals surface area contributed by atoms with Crippen molar-refractivity contribution in [3.8, 4) is 0 Å². The highest BCUT2D eigenvalue weighted by molar-refractivity contribution is 5.95. The van der Waals surface area contributed by atoms with E-state index in [1.165, 1.54) is 4.90 Å². The van der Waals surface area contributed by atoms with Crippen molar-refractivity contribution in [3.63, 3.8) is 0 Å². The molecule has 0 spiro atoms. The van der Waals surface area contributed by atoms with Crippen molar-refractivity contribution >= 4 is 23.4 Å². The topological polar surface area (TPSA) is 79.4 Å². The molecule has 2 heterocycles. The van der Waals surface area contributed by atoms with Crippen LogP contribution in [0, 0.1) is 11.6 Å². The molecule has 0 bridgehead atoms. The molecule has 12 heteroatoms. The smallest absolute Gasteiger partial charge is 0.378 e. The summed E-state index contributed by atoms with van der Waals surface area (Å²) in [7, 11) is 0. The maximum Gasteiger partial charge on any atom is 0.421 e. The lowest BCUT2D eigenvalue weighted by Crippen LogP contribution is -2.41. The molecule has 7 nitrogen and oxygen atoms in total. The number of aromatic nitrogens is 2. The molecule has 1 aliphatic rings. The fraction of sp³-hybridized carbons (Fsp3) is 0.389. The Kier molecular flexibility index (Phi) is 6.34. The van der Waals surface area contributed by atoms with Crippen LogP contribution in [-0.2, 0) is 10.9 Å². The van der Waals surface area contributed by atoms with E-state index >= 15 is 0 Å². The van der Waals surface area contributed by atoms with Crippen LogP contribution < -0.4 is 10.6 Å². The summed E-state index contributed by atoms with van der Waals surface area (Å²) in [4.78, 5) is 21.0. The number of benzene rings is 1. The first-order valence-electron chi connectivity index (χ1n) is 9.02. The molecule has 1 aliphatic heterocycles. The maximum atomic E-state index is 14.5. The molecule has 1 aromatic heterocycles. The minimum Gasteiger partial charge on any atom is -0.378 e. The molecule has 0 aliphatic carbocycles. The molecule has 30 heavy (non-hydrogen) atoms. The Morgan fingerprint density at radius 1 is 1.20 bits per heavy atom. The monoisotopic (exact) mass is 431 g/mol. The van der Waals surface area contributed by atoms with Gasteiger partial charge in [-0.2, -0.15) is 18.2 Å². The third-order valence-corrected chi connectivity index (χ3v) is 4.27. The molecule has 162 valence electrons. The lowest BCUT2D eigenvalue weighted by Gasteiger charge is -2.27. The molecule has 2 aromatic rings. The van der Waals surface area contributed by atoms with Gasteiger partial charge in [-0.15, -0.1) is 0 Å². The van der Waals surface area contributed by atoms with Crippen LogP contribution in [-0.4, -0.2) is 53.6 Å². The van der Waals surface area contributed by atoms with Crippen molar-refractivity contribution in [2.24, 2.45) is 0 Å². The predicted molar refractivity (Wildman–Crippen MR) is 97.6 cm³/mol. The fourth-order valence-corrected chi connectivity index (χ4v) is 2.82. The Morgan fingerprint density at radius 3 is 2.53 bits per heavy atom. The number of ether oxygens (including phenoxy) is 1. The van der Waals surface area contributed by atoms with Gasteiger partial charge in [-0.1, -0.05) is 0 Å². The first-order chi connectivity index (χ1) is 14.2. The van der Waals surface area contributed by atoms with E-state index in [9.17, 15) is 26.7 Å². The molecule has 3 rings (SSSR count). The van der Waals surface area contributed by atoms with Crippen LogP contribution in [0.15, 0.2) is 18.3 Å². The number of halogens is 5. The number of carbonyl (C=O) groups is 1. The van der Waals surface area contributed by atoms with E-state index in [2.05, 4.69) is 20.6 Å². The molecule has 0 saturated carbocycles. The molecule has 1 saturated heterocycles. The average Bonchev–Trinajstić information content (AvgIpc) is 2.70. The van der Waals surface area contributed by atoms with E-state index in [0.29, 0.717) is 19.4 Å². The number of morpholine rings is 1. The normalized spacial score (nSPS) is 14.5. The minimum atomic E-state index is -4.69. The summed E-state index contributed by atoms with van der Waals surface area (Å²) in [6.07, 6.45) is -4.15. The second-order valence-electron chi connectivity index (χ2n) is 6.33. The van der Waals surface area contributed by atoms with Gasteiger partial charge in [0.15, 0.2) is 0 Å². The number of amides is 1. The van der Waals surface area contributed by atoms with Gasteiger partial charge in [0.2, 0.25) is 5.95 Å². The average molecular weight is 431 g/mol. The van der Waals surface area contributed by atoms with E-state index in [4.69, 9.17) is 4.74 Å². The summed E-state index contributed by atoms with van der Waals surface area (Å²) in [6, 6.07) is 1.46. The quantitative estimate of drug-likeness (QED) is 0.707. The van der Waals surface area contributed by atoms with Gasteiger partial charge < -0.3 is 20.3 Å². The summed E-state index contributed by atoms with van der Waals surface area (Å²) >= 11 is 0. The van der Waals surface area contributed by atoms with E-state index < -0.39 is 46.4 Å². The number of anilines is 3. The van der Waals surface area contributed by atoms with Gasteiger partial charge in [-0.25, -0.2) is 13.8 Å². The highest BCUT2D eigenvalue weighted by Gasteiger charge is 2.35. The Hall–Kier alpha value is -3.02. The minimum absolute atomic E-state index is 0.154. The van der Waals surface area contributed by atoms with Crippen LogP contribution >= 0.6 is 0 Å². The molecule has 1 amide bonds. The Labute approximate surface area is 168 Å². The third-order valence-electron chi connectivity index (χ3n) is 4.27. The largest absolute Gasteiger partial charge is 0.421 e. The SMILES string of the molecule is CCNc1nc(Nc2cc(F)c(C(=O)N3CCOCC3)cc2F)ncc1C(F)(F)F. The molecule has 0 atom stereocenters. The zero-order chi connectivity index (χ0) is 21.9. The Morgan fingerprint density at radius 2 is 1.90 bits per heavy atom. The Bertz CT molecular complexity index is 932. The molecule has 0 unspecified atom stereocenters. The summed E-state index contributed by atoms with van der Waals surface area (Å²) in [5.41, 5.74) is -1.97. The van der Waals surface area contributed by atoms with Gasteiger partial charge >= 0.3 is 6.18 Å². The molecule has 1 aromatic carbocycles. The van der Waals surface area contributed by atoms with Gasteiger partial charge in [0.1, 0.15) is 23.0 Å². The van der Waals surface area contributed by atoms with Crippen molar-refractivity contribution in [2.75, 3.05) is 43.5 Å². The fourth-order valence-electron chi connectivity index (χ4n) is 2.82. The number of nitrogens with zero attached hydrogens (tertiary/aromatic N) is 3. The molecule has 1 fully saturated rings. The molecular formula is C18H18F5N5O2. The lowest BCUT2D eigenvalue weighted by molar-refractivity contribution is -0.137. The predicted octanol–water partition coefficient (Wildman–Crippen LogP) is 3.42. The number of hydrogen-bond acceptors (Lipinski definition) is 6. The number of alkyl halides is 3. The van der Waals surface area contributed by atoms with Crippen LogP contribution in [0.5, 0.6) is 0 Å². The number of rotatable bonds is 5. The number of hydrogen-bond donors (Lipinski definition) is 2. The van der Waals surface area contributed by atoms with E-state index in [1.807, 2.05) is 0 Å². The van der Waals surface area contributed by atoms with Crippen LogP contribution in [0.25, 0.3) is 0 Å². The summed E-state index contributed by atoms with van der Waals surface area (Å²) in [5.74, 6) is -3.52. The van der Waals surface area contributed by atoms with Crippen LogP contribution in [0.2, 0.25) is 0 Å². The Balaban J connectivity index is 1.86. The maximum absolute atomic E-state index is 14.5. The zero-order valence-corrected chi connectivity index (χ0v) is 15.8. The van der Waals surface area contributed by atoms with Crippen LogP contribution in [0.3, 0.4) is 0 Å². The van der Waals surface area contributed by atoms with Gasteiger partial charge in [-0.05, 0) is 13.0 Å². The third kappa shape index (κ3) is 4.75. The molecule has 0 radical (unpaired) electrons. The second kappa shape index (κ2) is 8.78. The highest BCUT2D eigenvalue weighted by Crippen LogP contribution is 2.34. The highest BCUT2D eigenvalue weighted by atomic mass is 19.4. The van der Waals surface area contributed by atoms with Gasteiger partial charge in [0.05, 0.1) is 24.5 Å². The van der Waals surface area contributed by atoms with E-state index in [-0.39, 0.29) is 25.6 Å². The van der Waals surface area contributed by atoms with Crippen molar-refractivity contribution in [1.82, 2.24) is 14.9 Å². The lowest BCUT2D eigenvalue weighted by atomic mass is 10.1. The first kappa shape index (κ1) is 21.7. The first-order valence-corrected chi connectivity index (χ1v) is 9.02. The van der Waals surface area contributed by atoms with Crippen molar-refractivity contribution in [3.05, 3.63) is 41.1 Å². The van der Waals surface area contributed by atoms with Crippen LogP contribution in [0.1, 0.15) is 22.8 Å².